The molecule has 0 spiro atoms. The first-order valence-electron chi connectivity index (χ1n) is 8.51. The van der Waals surface area contributed by atoms with E-state index in [0.29, 0.717) is 0 Å². The average molecular weight is 288 g/mol. The fourth-order valence-corrected chi connectivity index (χ4v) is 3.23. The molecule has 2 atom stereocenters. The molecule has 2 rings (SSSR count). The van der Waals surface area contributed by atoms with Crippen molar-refractivity contribution >= 4 is 6.29 Å². The fourth-order valence-electron chi connectivity index (χ4n) is 3.23. The molecule has 0 N–H and O–H groups in total. The zero-order valence-electron chi connectivity index (χ0n) is 13.2. The number of rotatable bonds is 9. The maximum Gasteiger partial charge on any atom is 0.126 e. The van der Waals surface area contributed by atoms with Crippen LogP contribution in [0.5, 0.6) is 0 Å². The van der Waals surface area contributed by atoms with E-state index in [0.717, 1.165) is 32.2 Å². The molecule has 0 saturated heterocycles. The summed E-state index contributed by atoms with van der Waals surface area (Å²) < 4.78 is 5.92. The number of carbonyl (C=O) groups is 1. The van der Waals surface area contributed by atoms with Crippen LogP contribution in [0.25, 0.3) is 0 Å². The van der Waals surface area contributed by atoms with Crippen LogP contribution in [0.15, 0.2) is 24.3 Å². The molecule has 2 unspecified atom stereocenters. The Morgan fingerprint density at radius 3 is 2.76 bits per heavy atom. The van der Waals surface area contributed by atoms with Gasteiger partial charge in [-0.2, -0.15) is 0 Å². The molecule has 1 aromatic rings. The molecule has 2 nitrogen and oxygen atoms in total. The second-order valence-corrected chi connectivity index (χ2v) is 6.10. The van der Waals surface area contributed by atoms with Crippen LogP contribution >= 0.6 is 0 Å². The van der Waals surface area contributed by atoms with E-state index in [4.69, 9.17) is 4.74 Å². The van der Waals surface area contributed by atoms with Crippen molar-refractivity contribution in [2.75, 3.05) is 6.61 Å². The summed E-state index contributed by atoms with van der Waals surface area (Å²) in [5, 5.41) is 0. The highest BCUT2D eigenvalue weighted by Gasteiger charge is 2.28. The zero-order valence-corrected chi connectivity index (χ0v) is 13.2. The summed E-state index contributed by atoms with van der Waals surface area (Å²) in [7, 11) is 0. The zero-order chi connectivity index (χ0) is 14.9. The second-order valence-electron chi connectivity index (χ2n) is 6.10. The smallest absolute Gasteiger partial charge is 0.126 e. The molecule has 2 heteroatoms. The van der Waals surface area contributed by atoms with Crippen LogP contribution in [0.4, 0.5) is 0 Å². The highest BCUT2D eigenvalue weighted by Crippen LogP contribution is 2.34. The molecule has 116 valence electrons. The Labute approximate surface area is 128 Å². The van der Waals surface area contributed by atoms with Crippen molar-refractivity contribution in [3.63, 3.8) is 0 Å². The summed E-state index contributed by atoms with van der Waals surface area (Å²) in [6.45, 7) is 2.98. The molecular formula is C19H28O2. The molecule has 0 fully saturated rings. The van der Waals surface area contributed by atoms with E-state index in [1.54, 1.807) is 0 Å². The van der Waals surface area contributed by atoms with Crippen LogP contribution in [0, 0.1) is 5.92 Å². The van der Waals surface area contributed by atoms with Crippen molar-refractivity contribution in [3.05, 3.63) is 35.4 Å². The Bertz CT molecular complexity index is 427. The van der Waals surface area contributed by atoms with Crippen LogP contribution in [-0.4, -0.2) is 12.9 Å². The molecule has 1 aliphatic rings. The van der Waals surface area contributed by atoms with Gasteiger partial charge in [-0.25, -0.2) is 0 Å². The topological polar surface area (TPSA) is 26.3 Å². The van der Waals surface area contributed by atoms with E-state index < -0.39 is 0 Å². The van der Waals surface area contributed by atoms with Crippen molar-refractivity contribution in [2.45, 2.75) is 64.4 Å². The van der Waals surface area contributed by atoms with Crippen LogP contribution in [0.2, 0.25) is 0 Å². The summed E-state index contributed by atoms with van der Waals surface area (Å²) in [6.07, 6.45) is 10.6. The van der Waals surface area contributed by atoms with E-state index in [1.165, 1.54) is 43.2 Å². The number of hydrogen-bond donors (Lipinski definition) is 0. The third-order valence-corrected chi connectivity index (χ3v) is 4.49. The monoisotopic (exact) mass is 288 g/mol. The molecule has 0 amide bonds. The van der Waals surface area contributed by atoms with Crippen molar-refractivity contribution in [2.24, 2.45) is 5.92 Å². The standard InChI is InChI=1S/C19H28O2/c1-2-3-4-5-6-7-11-17(15-20)19-18-12-9-8-10-16(18)13-14-21-19/h8-10,12,15,17,19H,2-7,11,13-14H2,1H3. The number of benzene rings is 1. The van der Waals surface area contributed by atoms with E-state index >= 15 is 0 Å². The quantitative estimate of drug-likeness (QED) is 0.479. The number of aldehydes is 1. The minimum absolute atomic E-state index is 0.0117. The van der Waals surface area contributed by atoms with Gasteiger partial charge in [0, 0.05) is 5.92 Å². The molecule has 0 radical (unpaired) electrons. The Morgan fingerprint density at radius 2 is 1.95 bits per heavy atom. The van der Waals surface area contributed by atoms with Crippen LogP contribution in [-0.2, 0) is 16.0 Å². The number of fused-ring (bicyclic) bond motifs is 1. The predicted octanol–water partition coefficient (Wildman–Crippen LogP) is 4.87. The van der Waals surface area contributed by atoms with Gasteiger partial charge in [-0.15, -0.1) is 0 Å². The minimum atomic E-state index is -0.0249. The Balaban J connectivity index is 1.85. The molecule has 0 aromatic heterocycles. The molecule has 1 aromatic carbocycles. The summed E-state index contributed by atoms with van der Waals surface area (Å²) in [5.41, 5.74) is 2.58. The lowest BCUT2D eigenvalue weighted by molar-refractivity contribution is -0.117. The van der Waals surface area contributed by atoms with Gasteiger partial charge in [0.15, 0.2) is 0 Å². The summed E-state index contributed by atoms with van der Waals surface area (Å²) in [5.74, 6) is 0.0117. The lowest BCUT2D eigenvalue weighted by Crippen LogP contribution is -2.24. The maximum absolute atomic E-state index is 11.5. The second kappa shape index (κ2) is 8.99. The van der Waals surface area contributed by atoms with E-state index in [-0.39, 0.29) is 12.0 Å². The number of unbranched alkanes of at least 4 members (excludes halogenated alkanes) is 5. The normalized spacial score (nSPS) is 19.0. The highest BCUT2D eigenvalue weighted by atomic mass is 16.5. The van der Waals surface area contributed by atoms with Gasteiger partial charge in [-0.05, 0) is 24.0 Å². The van der Waals surface area contributed by atoms with Gasteiger partial charge >= 0.3 is 0 Å². The van der Waals surface area contributed by atoms with Gasteiger partial charge in [-0.1, -0.05) is 69.7 Å². The number of hydrogen-bond acceptors (Lipinski definition) is 2. The molecule has 21 heavy (non-hydrogen) atoms. The average Bonchev–Trinajstić information content (AvgIpc) is 2.54. The SMILES string of the molecule is CCCCCCCCC(C=O)C1OCCc2ccccc21. The first kappa shape index (κ1) is 16.2. The van der Waals surface area contributed by atoms with Crippen LogP contribution in [0.3, 0.4) is 0 Å². The van der Waals surface area contributed by atoms with E-state index in [1.807, 2.05) is 6.07 Å². The van der Waals surface area contributed by atoms with Gasteiger partial charge in [0.05, 0.1) is 12.7 Å². The first-order valence-corrected chi connectivity index (χ1v) is 8.51. The largest absolute Gasteiger partial charge is 0.372 e. The maximum atomic E-state index is 11.5. The third-order valence-electron chi connectivity index (χ3n) is 4.49. The predicted molar refractivity (Wildman–Crippen MR) is 86.4 cm³/mol. The number of carbonyl (C=O) groups excluding carboxylic acids is 1. The Morgan fingerprint density at radius 1 is 1.19 bits per heavy atom. The van der Waals surface area contributed by atoms with Crippen molar-refractivity contribution < 1.29 is 9.53 Å². The fraction of sp³-hybridized carbons (Fsp3) is 0.632. The van der Waals surface area contributed by atoms with Crippen molar-refractivity contribution in [1.82, 2.24) is 0 Å². The highest BCUT2D eigenvalue weighted by molar-refractivity contribution is 5.56. The molecule has 1 heterocycles. The molecule has 0 bridgehead atoms. The van der Waals surface area contributed by atoms with E-state index in [2.05, 4.69) is 25.1 Å². The first-order chi connectivity index (χ1) is 10.4. The summed E-state index contributed by atoms with van der Waals surface area (Å²) in [6, 6.07) is 8.41. The van der Waals surface area contributed by atoms with Gasteiger partial charge < -0.3 is 9.53 Å². The van der Waals surface area contributed by atoms with Crippen LogP contribution in [0.1, 0.15) is 69.1 Å². The number of ether oxygens (including phenoxy) is 1. The molecule has 0 aliphatic carbocycles. The van der Waals surface area contributed by atoms with Gasteiger partial charge in [0.25, 0.3) is 0 Å². The minimum Gasteiger partial charge on any atom is -0.372 e. The summed E-state index contributed by atoms with van der Waals surface area (Å²) in [4.78, 5) is 11.5. The van der Waals surface area contributed by atoms with Crippen LogP contribution < -0.4 is 0 Å². The molecular weight excluding hydrogens is 260 g/mol. The van der Waals surface area contributed by atoms with Gasteiger partial charge in [0.1, 0.15) is 6.29 Å². The van der Waals surface area contributed by atoms with Crippen molar-refractivity contribution in [3.8, 4) is 0 Å². The Hall–Kier alpha value is -1.15. The Kier molecular flexibility index (Phi) is 6.94. The van der Waals surface area contributed by atoms with Crippen molar-refractivity contribution in [1.29, 1.82) is 0 Å². The lowest BCUT2D eigenvalue weighted by Gasteiger charge is -2.30. The summed E-state index contributed by atoms with van der Waals surface area (Å²) >= 11 is 0. The molecule has 0 saturated carbocycles. The third kappa shape index (κ3) is 4.67. The lowest BCUT2D eigenvalue weighted by atomic mass is 9.87. The van der Waals surface area contributed by atoms with Gasteiger partial charge in [-0.3, -0.25) is 0 Å². The van der Waals surface area contributed by atoms with Gasteiger partial charge in [0.2, 0.25) is 0 Å². The van der Waals surface area contributed by atoms with E-state index in [9.17, 15) is 4.79 Å². The molecule has 1 aliphatic heterocycles.